The normalized spacial score (nSPS) is 13.8. The van der Waals surface area contributed by atoms with Crippen molar-refractivity contribution >= 4 is 29.6 Å². The van der Waals surface area contributed by atoms with Crippen LogP contribution in [0.5, 0.6) is 5.06 Å². The smallest absolute Gasteiger partial charge is 0.397 e. The van der Waals surface area contributed by atoms with E-state index in [1.807, 2.05) is 0 Å². The van der Waals surface area contributed by atoms with E-state index in [-0.39, 0.29) is 6.04 Å². The molecule has 3 aromatic heterocycles. The van der Waals surface area contributed by atoms with Gasteiger partial charge in [-0.15, -0.1) is 0 Å². The molecule has 1 N–H and O–H groups in total. The number of nitrogens with zero attached hydrogens (tertiary/aromatic N) is 3. The van der Waals surface area contributed by atoms with Crippen LogP contribution in [0.1, 0.15) is 34.9 Å². The van der Waals surface area contributed by atoms with Gasteiger partial charge in [-0.3, -0.25) is 4.98 Å². The molecule has 4 rings (SSSR count). The Morgan fingerprint density at radius 3 is 2.89 bits per heavy atom. The number of ether oxygens (including phenoxy) is 1. The summed E-state index contributed by atoms with van der Waals surface area (Å²) < 4.78 is 23.7. The zero-order valence-corrected chi connectivity index (χ0v) is 16.0. The van der Waals surface area contributed by atoms with Crippen molar-refractivity contribution < 1.29 is 18.4 Å². The quantitative estimate of drug-likeness (QED) is 0.684. The Morgan fingerprint density at radius 2 is 2.18 bits per heavy atom. The zero-order valence-electron chi connectivity index (χ0n) is 15.2. The van der Waals surface area contributed by atoms with Gasteiger partial charge < -0.3 is 14.6 Å². The van der Waals surface area contributed by atoms with E-state index in [1.165, 1.54) is 17.4 Å². The molecular formula is C19H17FN4O3S. The van der Waals surface area contributed by atoms with E-state index < -0.39 is 11.9 Å². The number of aryl methyl sites for hydroxylation is 2. The van der Waals surface area contributed by atoms with Gasteiger partial charge in [-0.2, -0.15) is 0 Å². The summed E-state index contributed by atoms with van der Waals surface area (Å²) in [7, 11) is 0. The van der Waals surface area contributed by atoms with E-state index in [0.29, 0.717) is 32.9 Å². The average molecular weight is 400 g/mol. The maximum absolute atomic E-state index is 13.1. The molecule has 144 valence electrons. The molecule has 0 unspecified atom stereocenters. The first-order valence-electron chi connectivity index (χ1n) is 8.71. The summed E-state index contributed by atoms with van der Waals surface area (Å²) in [4.78, 5) is 20.3. The van der Waals surface area contributed by atoms with Crippen molar-refractivity contribution in [2.24, 2.45) is 0 Å². The minimum Gasteiger partial charge on any atom is -0.397 e. The van der Waals surface area contributed by atoms with Crippen molar-refractivity contribution in [1.82, 2.24) is 20.4 Å². The first-order valence-corrected chi connectivity index (χ1v) is 9.53. The minimum atomic E-state index is -0.454. The Balaban J connectivity index is 1.53. The fraction of sp³-hybridized carbons (Fsp3) is 0.263. The van der Waals surface area contributed by atoms with Gasteiger partial charge in [-0.1, -0.05) is 16.5 Å². The number of rotatable bonds is 5. The van der Waals surface area contributed by atoms with E-state index in [2.05, 4.69) is 20.4 Å². The second-order valence-corrected chi connectivity index (χ2v) is 7.42. The lowest BCUT2D eigenvalue weighted by atomic mass is 10.1. The number of amides is 1. The van der Waals surface area contributed by atoms with E-state index in [1.54, 1.807) is 32.1 Å². The lowest BCUT2D eigenvalue weighted by Gasteiger charge is -2.02. The summed E-state index contributed by atoms with van der Waals surface area (Å²) in [5.41, 5.74) is 2.38. The van der Waals surface area contributed by atoms with Crippen LogP contribution in [0.3, 0.4) is 0 Å². The number of pyridine rings is 1. The van der Waals surface area contributed by atoms with E-state index in [0.717, 1.165) is 24.6 Å². The van der Waals surface area contributed by atoms with E-state index in [9.17, 15) is 9.18 Å². The van der Waals surface area contributed by atoms with Gasteiger partial charge in [0.05, 0.1) is 17.6 Å². The lowest BCUT2D eigenvalue weighted by molar-refractivity contribution is 0.201. The molecule has 1 aliphatic carbocycles. The molecule has 0 atom stereocenters. The predicted octanol–water partition coefficient (Wildman–Crippen LogP) is 4.37. The van der Waals surface area contributed by atoms with Gasteiger partial charge >= 0.3 is 6.09 Å². The number of nitrogens with one attached hydrogen (secondary N) is 1. The van der Waals surface area contributed by atoms with Gasteiger partial charge in [0.25, 0.3) is 0 Å². The number of hydrogen-bond acceptors (Lipinski definition) is 7. The molecule has 9 heteroatoms. The average Bonchev–Trinajstić information content (AvgIpc) is 3.30. The zero-order chi connectivity index (χ0) is 19.7. The van der Waals surface area contributed by atoms with E-state index in [4.69, 9.17) is 9.26 Å². The molecule has 3 aromatic rings. The Bertz CT molecular complexity index is 1040. The molecule has 0 spiro atoms. The van der Waals surface area contributed by atoms with Gasteiger partial charge in [0.2, 0.25) is 5.06 Å². The van der Waals surface area contributed by atoms with Crippen LogP contribution in [0.15, 0.2) is 22.9 Å². The third-order valence-corrected chi connectivity index (χ3v) is 5.13. The van der Waals surface area contributed by atoms with Crippen LogP contribution >= 0.6 is 11.3 Å². The monoisotopic (exact) mass is 400 g/mol. The first-order chi connectivity index (χ1) is 13.5. The molecule has 7 nitrogen and oxygen atoms in total. The molecule has 0 aromatic carbocycles. The van der Waals surface area contributed by atoms with Crippen molar-refractivity contribution in [2.45, 2.75) is 32.7 Å². The Morgan fingerprint density at radius 1 is 1.36 bits per heavy atom. The molecule has 1 fully saturated rings. The van der Waals surface area contributed by atoms with Gasteiger partial charge in [0.15, 0.2) is 0 Å². The van der Waals surface area contributed by atoms with Crippen LogP contribution < -0.4 is 10.1 Å². The molecule has 28 heavy (non-hydrogen) atoms. The van der Waals surface area contributed by atoms with Gasteiger partial charge in [0.1, 0.15) is 22.3 Å². The fourth-order valence-corrected chi connectivity index (χ4v) is 3.33. The topological polar surface area (TPSA) is 90.1 Å². The minimum absolute atomic E-state index is 0.232. The number of carbonyl (C=O) groups excluding carboxylic acids is 1. The van der Waals surface area contributed by atoms with Crippen LogP contribution in [-0.2, 0) is 0 Å². The van der Waals surface area contributed by atoms with Gasteiger partial charge in [-0.25, -0.2) is 14.2 Å². The SMILES string of the molecule is Cc1nc(/C=C/c2c(-c3ccc(F)cn3)noc2C)sc1OC(=O)NC1CC1. The van der Waals surface area contributed by atoms with Crippen molar-refractivity contribution in [1.29, 1.82) is 0 Å². The van der Waals surface area contributed by atoms with Crippen LogP contribution in [0, 0.1) is 19.7 Å². The highest BCUT2D eigenvalue weighted by Crippen LogP contribution is 2.30. The summed E-state index contributed by atoms with van der Waals surface area (Å²) in [5, 5.41) is 7.92. The summed E-state index contributed by atoms with van der Waals surface area (Å²) in [6.07, 6.45) is 6.26. The highest BCUT2D eigenvalue weighted by atomic mass is 32.1. The molecule has 0 bridgehead atoms. The van der Waals surface area contributed by atoms with E-state index >= 15 is 0 Å². The molecule has 0 aliphatic heterocycles. The molecule has 1 aliphatic rings. The number of carbonyl (C=O) groups is 1. The summed E-state index contributed by atoms with van der Waals surface area (Å²) in [6.45, 7) is 3.57. The highest BCUT2D eigenvalue weighted by Gasteiger charge is 2.25. The van der Waals surface area contributed by atoms with Crippen molar-refractivity contribution in [2.75, 3.05) is 0 Å². The molecule has 3 heterocycles. The number of aromatic nitrogens is 3. The summed E-state index contributed by atoms with van der Waals surface area (Å²) in [5.74, 6) is 0.184. The fourth-order valence-electron chi connectivity index (χ4n) is 2.51. The van der Waals surface area contributed by atoms with Crippen LogP contribution in [-0.4, -0.2) is 27.3 Å². The third-order valence-electron chi connectivity index (χ3n) is 4.13. The molecule has 0 saturated heterocycles. The lowest BCUT2D eigenvalue weighted by Crippen LogP contribution is -2.28. The Kier molecular flexibility index (Phi) is 4.91. The van der Waals surface area contributed by atoms with Crippen LogP contribution in [0.2, 0.25) is 0 Å². The number of hydrogen-bond donors (Lipinski definition) is 1. The number of thiazole rings is 1. The summed E-state index contributed by atoms with van der Waals surface area (Å²) in [6, 6.07) is 3.09. The van der Waals surface area contributed by atoms with Gasteiger partial charge in [-0.05, 0) is 51.0 Å². The van der Waals surface area contributed by atoms with Crippen molar-refractivity contribution in [3.63, 3.8) is 0 Å². The van der Waals surface area contributed by atoms with Crippen molar-refractivity contribution in [3.05, 3.63) is 46.2 Å². The van der Waals surface area contributed by atoms with Crippen LogP contribution in [0.25, 0.3) is 23.5 Å². The largest absolute Gasteiger partial charge is 0.413 e. The molecule has 1 amide bonds. The molecule has 1 saturated carbocycles. The standard InChI is InChI=1S/C19H17FN4O3S/c1-10-18(26-19(25)23-13-4-5-13)28-16(22-10)8-6-14-11(2)27-24-17(14)15-7-3-12(20)9-21-15/h3,6-9,13H,4-5H2,1-2H3,(H,23,25)/b8-6+. The molecule has 0 radical (unpaired) electrons. The second-order valence-electron chi connectivity index (χ2n) is 6.43. The maximum atomic E-state index is 13.1. The number of halogens is 1. The second kappa shape index (κ2) is 7.51. The summed E-state index contributed by atoms with van der Waals surface area (Å²) >= 11 is 1.27. The highest BCUT2D eigenvalue weighted by molar-refractivity contribution is 7.14. The predicted molar refractivity (Wildman–Crippen MR) is 102 cm³/mol. The van der Waals surface area contributed by atoms with Crippen molar-refractivity contribution in [3.8, 4) is 16.5 Å². The molecular weight excluding hydrogens is 383 g/mol. The maximum Gasteiger partial charge on any atom is 0.413 e. The van der Waals surface area contributed by atoms with Gasteiger partial charge in [0, 0.05) is 11.6 Å². The van der Waals surface area contributed by atoms with Crippen LogP contribution in [0.4, 0.5) is 9.18 Å². The third kappa shape index (κ3) is 4.09. The first kappa shape index (κ1) is 18.3. The Hall–Kier alpha value is -3.07. The Labute approximate surface area is 164 Å².